The number of phosphoric ester groups is 1. The molecular formula is C42H90NO6P. The monoisotopic (exact) mass is 736 g/mol. The molecule has 0 aromatic heterocycles. The molecule has 304 valence electrons. The highest BCUT2D eigenvalue weighted by Gasteiger charge is 2.25. The minimum atomic E-state index is -4.17. The Bertz CT molecular complexity index is 633. The first kappa shape index (κ1) is 52.1. The number of hydrogen-bond donors (Lipinski definition) is 2. The Balaban J connectivity index is 0. The fourth-order valence-corrected chi connectivity index (χ4v) is 7.31. The Kier molecular flexibility index (Phi) is 43.5. The second-order valence-electron chi connectivity index (χ2n) is 14.8. The predicted molar refractivity (Wildman–Crippen MR) is 217 cm³/mol. The van der Waals surface area contributed by atoms with E-state index in [1.807, 2.05) is 0 Å². The summed E-state index contributed by atoms with van der Waals surface area (Å²) in [6.45, 7) is 10.2. The minimum Gasteiger partial charge on any atom is -0.376 e. The van der Waals surface area contributed by atoms with Gasteiger partial charge in [0.15, 0.2) is 0 Å². The number of ether oxygens (including phenoxy) is 2. The smallest absolute Gasteiger partial charge is 0.376 e. The topological polar surface area (TPSA) is 109 Å². The predicted octanol–water partition coefficient (Wildman–Crippen LogP) is 14.6. The molecule has 0 fully saturated rings. The Labute approximate surface area is 313 Å². The normalized spacial score (nSPS) is 14.0. The molecule has 50 heavy (non-hydrogen) atoms. The number of phosphoric acid groups is 1. The number of hydrogen-bond acceptors (Lipinski definition) is 6. The van der Waals surface area contributed by atoms with E-state index in [2.05, 4.69) is 27.7 Å². The molecule has 0 aliphatic carbocycles. The fourth-order valence-electron chi connectivity index (χ4n) is 6.52. The van der Waals surface area contributed by atoms with Gasteiger partial charge in [0, 0.05) is 13.2 Å². The van der Waals surface area contributed by atoms with Gasteiger partial charge in [0.1, 0.15) is 0 Å². The van der Waals surface area contributed by atoms with Crippen LogP contribution in [0.3, 0.4) is 0 Å². The summed E-state index contributed by atoms with van der Waals surface area (Å²) in [4.78, 5) is 10.5. The van der Waals surface area contributed by atoms with E-state index in [4.69, 9.17) is 18.5 Å². The summed E-state index contributed by atoms with van der Waals surface area (Å²) in [7, 11) is -4.17. The zero-order chi connectivity index (χ0) is 35.9. The van der Waals surface area contributed by atoms with E-state index in [0.29, 0.717) is 13.2 Å². The summed E-state index contributed by atoms with van der Waals surface area (Å²) in [6.07, 6.45) is 40.4. The summed E-state index contributed by atoms with van der Waals surface area (Å²) in [5.74, 6) is 0. The van der Waals surface area contributed by atoms with Crippen molar-refractivity contribution in [2.24, 2.45) is 0 Å². The third-order valence-corrected chi connectivity index (χ3v) is 10.7. The van der Waals surface area contributed by atoms with Gasteiger partial charge in [0.05, 0.1) is 25.4 Å². The van der Waals surface area contributed by atoms with Gasteiger partial charge in [-0.3, -0.25) is 9.05 Å². The second-order valence-corrected chi connectivity index (χ2v) is 16.3. The molecule has 0 amide bonds. The van der Waals surface area contributed by atoms with Crippen molar-refractivity contribution < 1.29 is 28.0 Å². The lowest BCUT2D eigenvalue weighted by molar-refractivity contribution is -0.0136. The van der Waals surface area contributed by atoms with Crippen LogP contribution in [-0.2, 0) is 23.1 Å². The van der Waals surface area contributed by atoms with E-state index >= 15 is 0 Å². The van der Waals surface area contributed by atoms with Gasteiger partial charge in [0.2, 0.25) is 0 Å². The second kappa shape index (κ2) is 41.7. The van der Waals surface area contributed by atoms with Gasteiger partial charge in [-0.15, -0.1) is 0 Å². The van der Waals surface area contributed by atoms with Crippen molar-refractivity contribution in [1.29, 1.82) is 0 Å². The quantitative estimate of drug-likeness (QED) is 0.0474. The molecule has 0 saturated heterocycles. The molecule has 0 aromatic carbocycles. The standard InChI is InChI=1S/C42H87O6P.H3N/c1-5-9-11-13-15-17-19-21-23-25-27-29-31-33-35-41(45-37-7-3)39-47-49(43,44)48-40-42(46-38-8-4)36-34-32-30-28-26-24-22-20-18-16-14-12-10-6-2;/h41-42H,5-40H2,1-4H3,(H,43,44);1H3. The van der Waals surface area contributed by atoms with E-state index < -0.39 is 7.82 Å². The van der Waals surface area contributed by atoms with Crippen LogP contribution in [0.25, 0.3) is 0 Å². The maximum atomic E-state index is 12.8. The summed E-state index contributed by atoms with van der Waals surface area (Å²) in [5, 5.41) is 0. The molecule has 0 aromatic rings. The molecule has 7 nitrogen and oxygen atoms in total. The third kappa shape index (κ3) is 39.2. The Hall–Kier alpha value is -0.0100. The Morgan fingerprint density at radius 3 is 0.880 bits per heavy atom. The van der Waals surface area contributed by atoms with Crippen LogP contribution >= 0.6 is 7.82 Å². The van der Waals surface area contributed by atoms with Crippen molar-refractivity contribution >= 4 is 7.82 Å². The van der Waals surface area contributed by atoms with E-state index in [1.165, 1.54) is 167 Å². The van der Waals surface area contributed by atoms with E-state index in [1.54, 1.807) is 0 Å². The van der Waals surface area contributed by atoms with Crippen LogP contribution in [0.5, 0.6) is 0 Å². The Morgan fingerprint density at radius 1 is 0.400 bits per heavy atom. The zero-order valence-electron chi connectivity index (χ0n) is 34.3. The van der Waals surface area contributed by atoms with Gasteiger partial charge >= 0.3 is 7.82 Å². The maximum absolute atomic E-state index is 12.8. The SMILES string of the molecule is CCCCCCCCCCCCCCCCC(COP(=O)(O)OCC(CCCCCCCCCCCCCCCC)OCCC)OCCC.N. The van der Waals surface area contributed by atoms with Gasteiger partial charge in [-0.25, -0.2) is 4.57 Å². The van der Waals surface area contributed by atoms with Crippen molar-refractivity contribution in [1.82, 2.24) is 6.15 Å². The lowest BCUT2D eigenvalue weighted by Gasteiger charge is -2.22. The summed E-state index contributed by atoms with van der Waals surface area (Å²) in [6, 6.07) is 0. The molecule has 2 unspecified atom stereocenters. The number of rotatable bonds is 42. The molecule has 0 saturated carbocycles. The molecule has 0 aliphatic rings. The summed E-state index contributed by atoms with van der Waals surface area (Å²) in [5.41, 5.74) is 0. The average Bonchev–Trinajstić information content (AvgIpc) is 3.10. The fraction of sp³-hybridized carbons (Fsp3) is 1.00. The average molecular weight is 736 g/mol. The van der Waals surface area contributed by atoms with Gasteiger partial charge in [-0.05, 0) is 25.7 Å². The first-order chi connectivity index (χ1) is 24.0. The van der Waals surface area contributed by atoms with Crippen LogP contribution in [-0.4, -0.2) is 43.5 Å². The lowest BCUT2D eigenvalue weighted by atomic mass is 10.0. The van der Waals surface area contributed by atoms with E-state index in [-0.39, 0.29) is 31.6 Å². The van der Waals surface area contributed by atoms with Gasteiger partial charge in [0.25, 0.3) is 0 Å². The largest absolute Gasteiger partial charge is 0.472 e. The first-order valence-corrected chi connectivity index (χ1v) is 23.3. The molecule has 8 heteroatoms. The van der Waals surface area contributed by atoms with Crippen molar-refractivity contribution in [3.05, 3.63) is 0 Å². The third-order valence-electron chi connectivity index (χ3n) is 9.72. The molecule has 0 aliphatic heterocycles. The van der Waals surface area contributed by atoms with Crippen LogP contribution in [0.4, 0.5) is 0 Å². The highest BCUT2D eigenvalue weighted by Crippen LogP contribution is 2.44. The van der Waals surface area contributed by atoms with Crippen molar-refractivity contribution in [3.8, 4) is 0 Å². The number of unbranched alkanes of at least 4 members (excludes halogenated alkanes) is 26. The molecule has 0 radical (unpaired) electrons. The summed E-state index contributed by atoms with van der Waals surface area (Å²) >= 11 is 0. The lowest BCUT2D eigenvalue weighted by Crippen LogP contribution is -2.22. The van der Waals surface area contributed by atoms with Crippen LogP contribution in [0.2, 0.25) is 0 Å². The molecule has 4 N–H and O–H groups in total. The highest BCUT2D eigenvalue weighted by molar-refractivity contribution is 7.47. The van der Waals surface area contributed by atoms with Crippen molar-refractivity contribution in [3.63, 3.8) is 0 Å². The van der Waals surface area contributed by atoms with Gasteiger partial charge < -0.3 is 20.5 Å². The van der Waals surface area contributed by atoms with Crippen LogP contribution in [0.1, 0.15) is 233 Å². The molecule has 0 heterocycles. The summed E-state index contributed by atoms with van der Waals surface area (Å²) < 4.78 is 35.6. The zero-order valence-corrected chi connectivity index (χ0v) is 35.1. The van der Waals surface area contributed by atoms with Gasteiger partial charge in [-0.2, -0.15) is 0 Å². The van der Waals surface area contributed by atoms with Gasteiger partial charge in [-0.1, -0.05) is 207 Å². The minimum absolute atomic E-state index is 0. The van der Waals surface area contributed by atoms with Crippen molar-refractivity contribution in [2.45, 2.75) is 245 Å². The van der Waals surface area contributed by atoms with Crippen LogP contribution < -0.4 is 6.15 Å². The molecule has 0 rings (SSSR count). The molecular weight excluding hydrogens is 645 g/mol. The first-order valence-electron chi connectivity index (χ1n) is 21.8. The van der Waals surface area contributed by atoms with Crippen LogP contribution in [0.15, 0.2) is 0 Å². The molecule has 0 spiro atoms. The maximum Gasteiger partial charge on any atom is 0.472 e. The van der Waals surface area contributed by atoms with Crippen molar-refractivity contribution in [2.75, 3.05) is 26.4 Å². The van der Waals surface area contributed by atoms with E-state index in [0.717, 1.165) is 38.5 Å². The molecule has 2 atom stereocenters. The highest BCUT2D eigenvalue weighted by atomic mass is 31.2. The van der Waals surface area contributed by atoms with Crippen LogP contribution in [0, 0.1) is 0 Å². The molecule has 0 bridgehead atoms. The Morgan fingerprint density at radius 2 is 0.640 bits per heavy atom. The van der Waals surface area contributed by atoms with E-state index in [9.17, 15) is 9.46 Å².